The molecule has 4 saturated carbocycles. The van der Waals surface area contributed by atoms with Crippen LogP contribution in [0.2, 0.25) is 0 Å². The third-order valence-corrected chi connectivity index (χ3v) is 12.1. The second kappa shape index (κ2) is 9.74. The molecule has 9 nitrogen and oxygen atoms in total. The fourth-order valence-electron chi connectivity index (χ4n) is 9.13. The summed E-state index contributed by atoms with van der Waals surface area (Å²) in [5.74, 6) is 0.956. The maximum Gasteiger partial charge on any atom is 0.309 e. The summed E-state index contributed by atoms with van der Waals surface area (Å²) in [6.07, 6.45) is 14.5. The Bertz CT molecular complexity index is 1410. The van der Waals surface area contributed by atoms with Gasteiger partial charge in [0.2, 0.25) is 5.12 Å². The Kier molecular flexibility index (Phi) is 6.48. The Morgan fingerprint density at radius 2 is 2.00 bits per heavy atom. The molecule has 2 heterocycles. The lowest BCUT2D eigenvalue weighted by Crippen LogP contribution is -2.62. The number of allylic oxidation sites excluding steroid dienone is 1. The van der Waals surface area contributed by atoms with Crippen LogP contribution >= 0.6 is 11.8 Å². The summed E-state index contributed by atoms with van der Waals surface area (Å²) < 4.78 is 8.12. The van der Waals surface area contributed by atoms with Crippen LogP contribution in [0.15, 0.2) is 30.4 Å². The Labute approximate surface area is 244 Å². The van der Waals surface area contributed by atoms with Crippen molar-refractivity contribution in [3.8, 4) is 5.82 Å². The quantitative estimate of drug-likeness (QED) is 0.493. The Morgan fingerprint density at radius 1 is 1.17 bits per heavy atom. The number of aliphatic hydroxyl groups excluding tert-OH is 2. The van der Waals surface area contributed by atoms with Gasteiger partial charge in [0, 0.05) is 23.6 Å². The molecule has 0 saturated heterocycles. The number of hydrogen-bond donors (Lipinski definition) is 2. The second-order valence-electron chi connectivity index (χ2n) is 13.2. The molecule has 2 N–H and O–H groups in total. The zero-order valence-electron chi connectivity index (χ0n) is 23.7. The van der Waals surface area contributed by atoms with E-state index in [1.807, 2.05) is 10.9 Å². The van der Waals surface area contributed by atoms with Crippen LogP contribution in [0.4, 0.5) is 0 Å². The summed E-state index contributed by atoms with van der Waals surface area (Å²) in [6, 6.07) is 0. The number of carbonyl (C=O) groups is 2. The van der Waals surface area contributed by atoms with Crippen LogP contribution < -0.4 is 0 Å². The molecular weight excluding hydrogens is 540 g/mol. The number of aliphatic hydroxyl groups is 2. The number of hydrogen-bond acceptors (Lipinski definition) is 9. The van der Waals surface area contributed by atoms with Crippen molar-refractivity contribution >= 4 is 28.9 Å². The third-order valence-electron chi connectivity index (χ3n) is 11.2. The highest BCUT2D eigenvalue weighted by Gasteiger charge is 2.71. The first-order chi connectivity index (χ1) is 19.7. The molecule has 0 bridgehead atoms. The summed E-state index contributed by atoms with van der Waals surface area (Å²) in [5, 5.41) is 26.0. The van der Waals surface area contributed by atoms with Crippen LogP contribution in [0.25, 0.3) is 11.9 Å². The molecule has 0 spiro atoms. The largest absolute Gasteiger partial charge is 0.449 e. The molecule has 7 rings (SSSR count). The van der Waals surface area contributed by atoms with Crippen LogP contribution in [0, 0.1) is 34.5 Å². The number of aromatic nitrogens is 4. The van der Waals surface area contributed by atoms with E-state index in [0.29, 0.717) is 18.7 Å². The Morgan fingerprint density at radius 3 is 2.73 bits per heavy atom. The maximum atomic E-state index is 13.8. The normalized spacial score (nSPS) is 37.3. The molecule has 4 fully saturated rings. The van der Waals surface area contributed by atoms with E-state index in [1.165, 1.54) is 5.57 Å². The van der Waals surface area contributed by atoms with Crippen LogP contribution in [-0.4, -0.2) is 65.1 Å². The fourth-order valence-corrected chi connectivity index (χ4v) is 10.0. The van der Waals surface area contributed by atoms with Gasteiger partial charge in [0.15, 0.2) is 11.4 Å². The minimum Gasteiger partial charge on any atom is -0.449 e. The van der Waals surface area contributed by atoms with E-state index in [0.717, 1.165) is 61.5 Å². The topological polar surface area (TPSA) is 127 Å². The van der Waals surface area contributed by atoms with Gasteiger partial charge in [0.1, 0.15) is 0 Å². The number of esters is 1. The highest BCUT2D eigenvalue weighted by atomic mass is 32.2. The summed E-state index contributed by atoms with van der Waals surface area (Å²) in [4.78, 5) is 35.6. The van der Waals surface area contributed by atoms with Gasteiger partial charge in [0.05, 0.1) is 36.7 Å². The van der Waals surface area contributed by atoms with Crippen LogP contribution in [0.3, 0.4) is 0 Å². The molecule has 7 atom stereocenters. The van der Waals surface area contributed by atoms with Gasteiger partial charge in [-0.05, 0) is 86.2 Å². The Hall–Kier alpha value is -2.56. The second-order valence-corrected chi connectivity index (χ2v) is 14.3. The molecule has 0 aliphatic heterocycles. The third kappa shape index (κ3) is 4.00. The van der Waals surface area contributed by atoms with Crippen LogP contribution in [0.1, 0.15) is 70.1 Å². The molecular formula is C31H38N4O5S. The summed E-state index contributed by atoms with van der Waals surface area (Å²) in [7, 11) is 0. The first-order valence-corrected chi connectivity index (χ1v) is 15.9. The molecule has 0 unspecified atom stereocenters. The van der Waals surface area contributed by atoms with Gasteiger partial charge < -0.3 is 14.9 Å². The van der Waals surface area contributed by atoms with Crippen molar-refractivity contribution in [2.24, 2.45) is 34.5 Å². The van der Waals surface area contributed by atoms with Gasteiger partial charge in [-0.3, -0.25) is 14.6 Å². The van der Waals surface area contributed by atoms with Crippen molar-refractivity contribution in [1.82, 2.24) is 19.7 Å². The minimum absolute atomic E-state index is 0.0312. The average Bonchev–Trinajstić information content (AvgIpc) is 3.67. The zero-order chi connectivity index (χ0) is 28.6. The lowest BCUT2D eigenvalue weighted by molar-refractivity contribution is -0.197. The number of carbonyl (C=O) groups excluding carboxylic acids is 2. The molecule has 0 amide bonds. The van der Waals surface area contributed by atoms with Crippen molar-refractivity contribution < 1.29 is 24.5 Å². The zero-order valence-corrected chi connectivity index (χ0v) is 24.5. The van der Waals surface area contributed by atoms with E-state index < -0.39 is 17.1 Å². The van der Waals surface area contributed by atoms with E-state index in [4.69, 9.17) is 4.74 Å². The minimum atomic E-state index is -1.27. The van der Waals surface area contributed by atoms with Crippen molar-refractivity contribution in [2.45, 2.75) is 76.9 Å². The van der Waals surface area contributed by atoms with Gasteiger partial charge in [-0.25, -0.2) is 9.67 Å². The van der Waals surface area contributed by atoms with Crippen molar-refractivity contribution in [3.63, 3.8) is 0 Å². The number of thioether (sulfide) groups is 1. The number of nitrogens with zero attached hydrogens (tertiary/aromatic N) is 4. The molecule has 5 aliphatic carbocycles. The molecule has 2 aromatic rings. The van der Waals surface area contributed by atoms with Gasteiger partial charge in [-0.15, -0.1) is 0 Å². The SMILES string of the molecule is C[C@]12Cc3cnn(-c4cnccn4)c3C=C1CC[C@@H]1[C@@H]2[C@@H](O)C[C@@]2(C)[C@H]1CC[C@]2(OC(=O)C1CC1)C(=O)SCCO. The average molecular weight is 579 g/mol. The van der Waals surface area contributed by atoms with Gasteiger partial charge in [0.25, 0.3) is 0 Å². The first-order valence-electron chi connectivity index (χ1n) is 15.0. The number of ether oxygens (including phenoxy) is 1. The molecule has 41 heavy (non-hydrogen) atoms. The monoisotopic (exact) mass is 578 g/mol. The van der Waals surface area contributed by atoms with Crippen LogP contribution in [-0.2, 0) is 20.7 Å². The van der Waals surface area contributed by atoms with Crippen molar-refractivity contribution in [1.29, 1.82) is 0 Å². The summed E-state index contributed by atoms with van der Waals surface area (Å²) in [6.45, 7) is 4.26. The molecule has 2 aromatic heterocycles. The molecule has 5 aliphatic rings. The van der Waals surface area contributed by atoms with Gasteiger partial charge >= 0.3 is 5.97 Å². The lowest BCUT2D eigenvalue weighted by Gasteiger charge is -2.60. The molecule has 0 radical (unpaired) electrons. The van der Waals surface area contributed by atoms with E-state index >= 15 is 0 Å². The summed E-state index contributed by atoms with van der Waals surface area (Å²) in [5.41, 5.74) is 1.34. The molecule has 218 valence electrons. The van der Waals surface area contributed by atoms with Crippen molar-refractivity contribution in [3.05, 3.63) is 41.6 Å². The maximum absolute atomic E-state index is 13.8. The fraction of sp³-hybridized carbons (Fsp3) is 0.645. The standard InChI is InChI=1S/C31H38N4O5S/c1-29-14-19-16-34-35(25-17-32-9-10-33-25)23(19)13-20(29)5-6-21-22-7-8-31(28(39)41-12-11-36,40-27(38)18-3-4-18)30(22,2)15-24(37)26(21)29/h9-10,13,16-18,21-22,24,26,36-37H,3-8,11-12,14-15H2,1-2H3/t21-,22-,24-,26+,29-,30-,31-/m0/s1. The molecule has 0 aromatic carbocycles. The van der Waals surface area contributed by atoms with E-state index in [-0.39, 0.29) is 52.5 Å². The highest BCUT2D eigenvalue weighted by molar-refractivity contribution is 8.13. The van der Waals surface area contributed by atoms with Gasteiger partial charge in [-0.2, -0.15) is 5.10 Å². The highest BCUT2D eigenvalue weighted by Crippen LogP contribution is 2.69. The predicted molar refractivity (Wildman–Crippen MR) is 153 cm³/mol. The van der Waals surface area contributed by atoms with Crippen molar-refractivity contribution in [2.75, 3.05) is 12.4 Å². The number of rotatable bonds is 6. The summed E-state index contributed by atoms with van der Waals surface area (Å²) >= 11 is 1.07. The van der Waals surface area contributed by atoms with E-state index in [9.17, 15) is 19.8 Å². The van der Waals surface area contributed by atoms with E-state index in [1.54, 1.807) is 18.6 Å². The van der Waals surface area contributed by atoms with Gasteiger partial charge in [-0.1, -0.05) is 31.2 Å². The molecule has 10 heteroatoms. The smallest absolute Gasteiger partial charge is 0.309 e. The lowest BCUT2D eigenvalue weighted by atomic mass is 9.45. The predicted octanol–water partition coefficient (Wildman–Crippen LogP) is 3.76. The number of fused-ring (bicyclic) bond motifs is 6. The van der Waals surface area contributed by atoms with Crippen LogP contribution in [0.5, 0.6) is 0 Å². The van der Waals surface area contributed by atoms with E-state index in [2.05, 4.69) is 35.0 Å². The first kappa shape index (κ1) is 27.3. The Balaban J connectivity index is 1.23.